The van der Waals surface area contributed by atoms with Gasteiger partial charge < -0.3 is 4.72 Å². The van der Waals surface area contributed by atoms with Crippen molar-refractivity contribution >= 4 is 35.1 Å². The van der Waals surface area contributed by atoms with Crippen molar-refractivity contribution in [2.24, 2.45) is 10.9 Å². The Balaban J connectivity index is 1.93. The lowest BCUT2D eigenvalue weighted by Gasteiger charge is -2.20. The molecule has 2 nitrogen and oxygen atoms in total. The van der Waals surface area contributed by atoms with Crippen LogP contribution in [0.25, 0.3) is 0 Å². The first-order valence-electron chi connectivity index (χ1n) is 5.64. The van der Waals surface area contributed by atoms with Gasteiger partial charge in [-0.15, -0.1) is 0 Å². The van der Waals surface area contributed by atoms with Crippen LogP contribution >= 0.6 is 23.5 Å². The Kier molecular flexibility index (Phi) is 2.82. The lowest BCUT2D eigenvalue weighted by Crippen LogP contribution is -2.25. The molecule has 0 saturated heterocycles. The van der Waals surface area contributed by atoms with Crippen molar-refractivity contribution in [1.29, 1.82) is 0 Å². The lowest BCUT2D eigenvalue weighted by atomic mass is 10.1. The summed E-state index contributed by atoms with van der Waals surface area (Å²) >= 11 is 7.64. The van der Waals surface area contributed by atoms with Gasteiger partial charge in [0.15, 0.2) is 0 Å². The Labute approximate surface area is 105 Å². The van der Waals surface area contributed by atoms with Gasteiger partial charge in [-0.2, -0.15) is 0 Å². The van der Waals surface area contributed by atoms with Crippen LogP contribution in [-0.2, 0) is 0 Å². The number of hydrogen-bond acceptors (Lipinski definition) is 3. The summed E-state index contributed by atoms with van der Waals surface area (Å²) in [5.41, 5.74) is 1.01. The molecule has 16 heavy (non-hydrogen) atoms. The summed E-state index contributed by atoms with van der Waals surface area (Å²) in [5.74, 6) is 1.76. The van der Waals surface area contributed by atoms with Crippen LogP contribution in [0.4, 0.5) is 5.69 Å². The maximum absolute atomic E-state index is 5.99. The number of hydrogen-bond donors (Lipinski definition) is 1. The van der Waals surface area contributed by atoms with E-state index < -0.39 is 0 Å². The lowest BCUT2D eigenvalue weighted by molar-refractivity contribution is 0.715. The standard InChI is InChI=1S/C12H13ClN2S/c13-9-5-6-11-10(7-9)14-12(15-16-11)8-3-1-2-4-8/h5-8H,1-4H2,(H,14,15). The van der Waals surface area contributed by atoms with E-state index in [1.165, 1.54) is 25.7 Å². The van der Waals surface area contributed by atoms with Gasteiger partial charge >= 0.3 is 0 Å². The van der Waals surface area contributed by atoms with Crippen molar-refractivity contribution in [2.45, 2.75) is 30.6 Å². The number of fused-ring (bicyclic) bond motifs is 1. The van der Waals surface area contributed by atoms with Gasteiger partial charge in [-0.05, 0) is 43.0 Å². The smallest absolute Gasteiger partial charge is 0.115 e. The van der Waals surface area contributed by atoms with E-state index in [-0.39, 0.29) is 0 Å². The van der Waals surface area contributed by atoms with Gasteiger partial charge in [0.1, 0.15) is 5.84 Å². The third-order valence-electron chi connectivity index (χ3n) is 3.17. The van der Waals surface area contributed by atoms with Crippen molar-refractivity contribution in [3.63, 3.8) is 0 Å². The molecule has 0 aromatic heterocycles. The summed E-state index contributed by atoms with van der Waals surface area (Å²) < 4.78 is 3.36. The van der Waals surface area contributed by atoms with Crippen molar-refractivity contribution in [3.05, 3.63) is 23.2 Å². The van der Waals surface area contributed by atoms with E-state index in [9.17, 15) is 0 Å². The number of amidine groups is 1. The Morgan fingerprint density at radius 3 is 2.94 bits per heavy atom. The zero-order valence-corrected chi connectivity index (χ0v) is 10.4. The van der Waals surface area contributed by atoms with E-state index >= 15 is 0 Å². The molecule has 3 rings (SSSR count). The third kappa shape index (κ3) is 1.94. The topological polar surface area (TPSA) is 24.4 Å². The van der Waals surface area contributed by atoms with E-state index in [0.717, 1.165) is 21.4 Å². The van der Waals surface area contributed by atoms with Crippen LogP contribution in [0.15, 0.2) is 28.1 Å². The highest BCUT2D eigenvalue weighted by molar-refractivity contribution is 7.98. The highest BCUT2D eigenvalue weighted by Gasteiger charge is 2.23. The van der Waals surface area contributed by atoms with E-state index in [2.05, 4.69) is 9.71 Å². The third-order valence-corrected chi connectivity index (χ3v) is 4.28. The first kappa shape index (κ1) is 10.5. The zero-order valence-electron chi connectivity index (χ0n) is 8.87. The maximum Gasteiger partial charge on any atom is 0.115 e. The Morgan fingerprint density at radius 2 is 2.12 bits per heavy atom. The molecule has 0 amide bonds. The molecule has 0 unspecified atom stereocenters. The second-order valence-corrected chi connectivity index (χ2v) is 5.58. The predicted molar refractivity (Wildman–Crippen MR) is 69.5 cm³/mol. The van der Waals surface area contributed by atoms with Crippen LogP contribution in [0.2, 0.25) is 5.02 Å². The largest absolute Gasteiger partial charge is 0.313 e. The average molecular weight is 253 g/mol. The van der Waals surface area contributed by atoms with Crippen LogP contribution in [0, 0.1) is 5.92 Å². The van der Waals surface area contributed by atoms with Crippen molar-refractivity contribution < 1.29 is 0 Å². The first-order valence-corrected chi connectivity index (χ1v) is 6.83. The summed E-state index contributed by atoms with van der Waals surface area (Å²) in [6.45, 7) is 0. The fourth-order valence-electron chi connectivity index (χ4n) is 2.30. The molecule has 1 aromatic rings. The minimum Gasteiger partial charge on any atom is -0.313 e. The molecule has 1 aliphatic carbocycles. The van der Waals surface area contributed by atoms with Crippen LogP contribution < -0.4 is 4.72 Å². The van der Waals surface area contributed by atoms with E-state index in [4.69, 9.17) is 11.6 Å². The van der Waals surface area contributed by atoms with Crippen LogP contribution in [-0.4, -0.2) is 5.84 Å². The zero-order chi connectivity index (χ0) is 11.0. The molecular formula is C12H13ClN2S. The van der Waals surface area contributed by atoms with Gasteiger partial charge in [-0.25, -0.2) is 4.99 Å². The summed E-state index contributed by atoms with van der Waals surface area (Å²) in [6, 6.07) is 5.87. The van der Waals surface area contributed by atoms with E-state index in [1.807, 2.05) is 18.2 Å². The molecule has 84 valence electrons. The minimum absolute atomic E-state index is 0.625. The van der Waals surface area contributed by atoms with Crippen molar-refractivity contribution in [1.82, 2.24) is 4.72 Å². The Hall–Kier alpha value is -0.670. The summed E-state index contributed by atoms with van der Waals surface area (Å²) in [4.78, 5) is 5.85. The van der Waals surface area contributed by atoms with E-state index in [1.54, 1.807) is 11.9 Å². The second-order valence-electron chi connectivity index (χ2n) is 4.29. The molecule has 1 N–H and O–H groups in total. The van der Waals surface area contributed by atoms with Gasteiger partial charge in [0.2, 0.25) is 0 Å². The van der Waals surface area contributed by atoms with Gasteiger partial charge in [-0.3, -0.25) is 0 Å². The fourth-order valence-corrected chi connectivity index (χ4v) is 3.24. The van der Waals surface area contributed by atoms with Gasteiger partial charge in [0, 0.05) is 10.9 Å². The normalized spacial score (nSPS) is 20.2. The minimum atomic E-state index is 0.625. The van der Waals surface area contributed by atoms with Gasteiger partial charge in [0.25, 0.3) is 0 Å². The van der Waals surface area contributed by atoms with Crippen LogP contribution in [0.5, 0.6) is 0 Å². The maximum atomic E-state index is 5.99. The molecule has 1 saturated carbocycles. The average Bonchev–Trinajstić information content (AvgIpc) is 2.81. The second kappa shape index (κ2) is 4.30. The summed E-state index contributed by atoms with van der Waals surface area (Å²) in [5, 5.41) is 0.760. The van der Waals surface area contributed by atoms with Crippen LogP contribution in [0.1, 0.15) is 25.7 Å². The molecule has 2 aliphatic rings. The van der Waals surface area contributed by atoms with Gasteiger partial charge in [-0.1, -0.05) is 24.4 Å². The SMILES string of the molecule is Clc1ccc2c(c1)N=C(C1CCCC1)NS2. The van der Waals surface area contributed by atoms with Crippen molar-refractivity contribution in [2.75, 3.05) is 0 Å². The Bertz CT molecular complexity index is 439. The highest BCUT2D eigenvalue weighted by atomic mass is 35.5. The molecule has 4 heteroatoms. The molecule has 1 aromatic carbocycles. The Morgan fingerprint density at radius 1 is 1.31 bits per heavy atom. The first-order chi connectivity index (χ1) is 7.83. The monoisotopic (exact) mass is 252 g/mol. The molecule has 0 radical (unpaired) electrons. The summed E-state index contributed by atoms with van der Waals surface area (Å²) in [7, 11) is 0. The highest BCUT2D eigenvalue weighted by Crippen LogP contribution is 2.36. The molecular weight excluding hydrogens is 240 g/mol. The molecule has 0 bridgehead atoms. The predicted octanol–water partition coefficient (Wildman–Crippen LogP) is 4.17. The number of aliphatic imine (C=N–C) groups is 1. The number of rotatable bonds is 1. The molecule has 1 fully saturated rings. The number of nitrogens with one attached hydrogen (secondary N) is 1. The molecule has 0 atom stereocenters. The van der Waals surface area contributed by atoms with Crippen molar-refractivity contribution in [3.8, 4) is 0 Å². The molecule has 0 spiro atoms. The van der Waals surface area contributed by atoms with E-state index in [0.29, 0.717) is 5.92 Å². The molecule has 1 heterocycles. The van der Waals surface area contributed by atoms with Crippen LogP contribution in [0.3, 0.4) is 0 Å². The number of benzene rings is 1. The van der Waals surface area contributed by atoms with Gasteiger partial charge in [0.05, 0.1) is 10.6 Å². The summed E-state index contributed by atoms with van der Waals surface area (Å²) in [6.07, 6.45) is 5.20. The number of nitrogens with zero attached hydrogens (tertiary/aromatic N) is 1. The molecule has 1 aliphatic heterocycles. The number of halogens is 1. The quantitative estimate of drug-likeness (QED) is 0.759. The fraction of sp³-hybridized carbons (Fsp3) is 0.417.